The summed E-state index contributed by atoms with van der Waals surface area (Å²) in [5.74, 6) is -3.20. The van der Waals surface area contributed by atoms with Gasteiger partial charge in [-0.05, 0) is 0 Å². The number of hydrogen-bond acceptors (Lipinski definition) is 3. The lowest BCUT2D eigenvalue weighted by atomic mass is 10.7. The van der Waals surface area contributed by atoms with E-state index in [2.05, 4.69) is 13.2 Å². The summed E-state index contributed by atoms with van der Waals surface area (Å²) in [7, 11) is -4.00. The first-order valence-corrected chi connectivity index (χ1v) is 4.70. The van der Waals surface area contributed by atoms with E-state index in [9.17, 15) is 4.57 Å². The largest absolute Gasteiger partial charge is 0.379 e. The van der Waals surface area contributed by atoms with Gasteiger partial charge in [-0.15, -0.1) is 0 Å². The van der Waals surface area contributed by atoms with E-state index in [1.165, 1.54) is 0 Å². The molecule has 2 unspecified atom stereocenters. The van der Waals surface area contributed by atoms with Crippen molar-refractivity contribution in [2.75, 3.05) is 0 Å². The molecule has 0 radical (unpaired) electrons. The van der Waals surface area contributed by atoms with Crippen LogP contribution in [0.25, 0.3) is 0 Å². The molecule has 0 saturated carbocycles. The predicted molar refractivity (Wildman–Crippen MR) is 42.2 cm³/mol. The fraction of sp³-hybridized carbons (Fsp3) is 0.333. The van der Waals surface area contributed by atoms with E-state index in [0.29, 0.717) is 0 Å². The molecule has 0 aliphatic heterocycles. The first-order chi connectivity index (χ1) is 4.96. The summed E-state index contributed by atoms with van der Waals surface area (Å²) < 4.78 is 11.0. The van der Waals surface area contributed by atoms with E-state index in [4.69, 9.17) is 15.1 Å². The second-order valence-corrected chi connectivity index (χ2v) is 4.37. The number of aliphatic hydroxyl groups is 2. The van der Waals surface area contributed by atoms with Crippen molar-refractivity contribution in [3.05, 3.63) is 25.3 Å². The Labute approximate surface area is 64.9 Å². The van der Waals surface area contributed by atoms with Gasteiger partial charge in [-0.1, -0.05) is 25.3 Å². The van der Waals surface area contributed by atoms with Gasteiger partial charge in [-0.2, -0.15) is 0 Å². The smallest absolute Gasteiger partial charge is 0.263 e. The van der Waals surface area contributed by atoms with Crippen molar-refractivity contribution >= 4 is 7.37 Å². The van der Waals surface area contributed by atoms with Gasteiger partial charge in [0.25, 0.3) is 7.37 Å². The molecule has 0 heterocycles. The summed E-state index contributed by atoms with van der Waals surface area (Å²) in [5.41, 5.74) is 0. The molecular weight excluding hydrogens is 167 g/mol. The molecule has 5 heteroatoms. The van der Waals surface area contributed by atoms with Crippen molar-refractivity contribution in [1.82, 2.24) is 0 Å². The average Bonchev–Trinajstić information content (AvgIpc) is 2.01. The SMILES string of the molecule is C=CC(O)P(=O)(O)C(O)C=C. The summed E-state index contributed by atoms with van der Waals surface area (Å²) >= 11 is 0. The Morgan fingerprint density at radius 3 is 1.64 bits per heavy atom. The quantitative estimate of drug-likeness (QED) is 0.426. The topological polar surface area (TPSA) is 77.8 Å². The number of hydrogen-bond donors (Lipinski definition) is 3. The Kier molecular flexibility index (Phi) is 3.69. The minimum absolute atomic E-state index is 0.896. The standard InChI is InChI=1S/C6H11O4P/c1-3-5(7)11(9,10)6(8)4-2/h3-8H,1-2H2,(H,9,10). The van der Waals surface area contributed by atoms with Crippen molar-refractivity contribution in [1.29, 1.82) is 0 Å². The Morgan fingerprint density at radius 2 is 1.45 bits per heavy atom. The third-order valence-corrected chi connectivity index (χ3v) is 3.12. The zero-order chi connectivity index (χ0) is 9.07. The molecule has 0 rings (SSSR count). The van der Waals surface area contributed by atoms with Crippen molar-refractivity contribution < 1.29 is 19.7 Å². The highest BCUT2D eigenvalue weighted by molar-refractivity contribution is 7.59. The molecule has 11 heavy (non-hydrogen) atoms. The lowest BCUT2D eigenvalue weighted by Crippen LogP contribution is -2.13. The maximum Gasteiger partial charge on any atom is 0.263 e. The predicted octanol–water partition coefficient (Wildman–Crippen LogP) is 0.266. The molecule has 0 fully saturated rings. The van der Waals surface area contributed by atoms with Crippen LogP contribution >= 0.6 is 7.37 Å². The summed E-state index contributed by atoms with van der Waals surface area (Å²) in [5, 5.41) is 17.7. The Morgan fingerprint density at radius 1 is 1.18 bits per heavy atom. The van der Waals surface area contributed by atoms with Crippen LogP contribution in [0.2, 0.25) is 0 Å². The minimum Gasteiger partial charge on any atom is -0.379 e. The molecule has 0 aliphatic rings. The monoisotopic (exact) mass is 178 g/mol. The van der Waals surface area contributed by atoms with E-state index in [0.717, 1.165) is 12.2 Å². The first kappa shape index (κ1) is 10.6. The van der Waals surface area contributed by atoms with Crippen molar-refractivity contribution in [3.63, 3.8) is 0 Å². The van der Waals surface area contributed by atoms with Crippen LogP contribution in [0.3, 0.4) is 0 Å². The summed E-state index contributed by atoms with van der Waals surface area (Å²) in [4.78, 5) is 8.96. The zero-order valence-electron chi connectivity index (χ0n) is 5.92. The van der Waals surface area contributed by atoms with Crippen molar-refractivity contribution in [2.45, 2.75) is 11.7 Å². The van der Waals surface area contributed by atoms with E-state index in [1.54, 1.807) is 0 Å². The van der Waals surface area contributed by atoms with Gasteiger partial charge in [0.2, 0.25) is 0 Å². The Bertz CT molecular complexity index is 183. The molecule has 3 N–H and O–H groups in total. The highest BCUT2D eigenvalue weighted by Gasteiger charge is 2.33. The van der Waals surface area contributed by atoms with Crippen LogP contribution in [0.4, 0.5) is 0 Å². The fourth-order valence-electron chi connectivity index (χ4n) is 0.459. The van der Waals surface area contributed by atoms with Crippen LogP contribution in [0.15, 0.2) is 25.3 Å². The van der Waals surface area contributed by atoms with Gasteiger partial charge in [0.1, 0.15) is 0 Å². The summed E-state index contributed by atoms with van der Waals surface area (Å²) in [6.07, 6.45) is 1.79. The maximum atomic E-state index is 11.0. The molecule has 0 amide bonds. The van der Waals surface area contributed by atoms with Crippen LogP contribution in [-0.2, 0) is 4.57 Å². The average molecular weight is 178 g/mol. The third kappa shape index (κ3) is 2.27. The van der Waals surface area contributed by atoms with Crippen LogP contribution in [0, 0.1) is 0 Å². The molecule has 0 aromatic carbocycles. The molecule has 0 aromatic heterocycles. The number of rotatable bonds is 4. The highest BCUT2D eigenvalue weighted by atomic mass is 31.2. The summed E-state index contributed by atoms with van der Waals surface area (Å²) in [6, 6.07) is 0. The highest BCUT2D eigenvalue weighted by Crippen LogP contribution is 2.49. The normalized spacial score (nSPS) is 21.4. The van der Waals surface area contributed by atoms with Gasteiger partial charge in [-0.3, -0.25) is 4.57 Å². The number of aliphatic hydroxyl groups excluding tert-OH is 2. The van der Waals surface area contributed by atoms with Gasteiger partial charge < -0.3 is 15.1 Å². The second-order valence-electron chi connectivity index (χ2n) is 1.97. The van der Waals surface area contributed by atoms with Gasteiger partial charge in [0.05, 0.1) is 0 Å². The van der Waals surface area contributed by atoms with Gasteiger partial charge in [-0.25, -0.2) is 0 Å². The Balaban J connectivity index is 4.57. The first-order valence-electron chi connectivity index (χ1n) is 2.90. The maximum absolute atomic E-state index is 11.0. The van der Waals surface area contributed by atoms with Gasteiger partial charge in [0.15, 0.2) is 11.7 Å². The van der Waals surface area contributed by atoms with E-state index in [-0.39, 0.29) is 0 Å². The molecule has 0 spiro atoms. The zero-order valence-corrected chi connectivity index (χ0v) is 6.82. The molecule has 0 bridgehead atoms. The lowest BCUT2D eigenvalue weighted by Gasteiger charge is -2.17. The van der Waals surface area contributed by atoms with E-state index in [1.807, 2.05) is 0 Å². The van der Waals surface area contributed by atoms with Crippen LogP contribution in [0.1, 0.15) is 0 Å². The molecular formula is C6H11O4P. The molecule has 0 aliphatic carbocycles. The summed E-state index contributed by atoms with van der Waals surface area (Å²) in [6.45, 7) is 6.23. The van der Waals surface area contributed by atoms with E-state index < -0.39 is 19.1 Å². The Hall–Kier alpha value is -0.410. The molecule has 0 aromatic rings. The van der Waals surface area contributed by atoms with Gasteiger partial charge in [0, 0.05) is 0 Å². The van der Waals surface area contributed by atoms with Gasteiger partial charge >= 0.3 is 0 Å². The van der Waals surface area contributed by atoms with Crippen LogP contribution in [0.5, 0.6) is 0 Å². The second kappa shape index (κ2) is 3.83. The molecule has 64 valence electrons. The lowest BCUT2D eigenvalue weighted by molar-refractivity contribution is 0.227. The molecule has 4 nitrogen and oxygen atoms in total. The van der Waals surface area contributed by atoms with Crippen molar-refractivity contribution in [2.24, 2.45) is 0 Å². The fourth-order valence-corrected chi connectivity index (χ4v) is 1.38. The van der Waals surface area contributed by atoms with E-state index >= 15 is 0 Å². The van der Waals surface area contributed by atoms with Crippen molar-refractivity contribution in [3.8, 4) is 0 Å². The minimum atomic E-state index is -4.00. The molecule has 0 saturated heterocycles. The third-order valence-electron chi connectivity index (χ3n) is 1.18. The van der Waals surface area contributed by atoms with Crippen LogP contribution < -0.4 is 0 Å². The molecule has 2 atom stereocenters. The van der Waals surface area contributed by atoms with Crippen LogP contribution in [-0.4, -0.2) is 26.8 Å².